The molecule has 6 heteroatoms. The summed E-state index contributed by atoms with van der Waals surface area (Å²) >= 11 is 0. The number of nitrogens with one attached hydrogen (secondary N) is 1. The second-order valence-electron chi connectivity index (χ2n) is 4.35. The predicted octanol–water partition coefficient (Wildman–Crippen LogP) is 0.877. The van der Waals surface area contributed by atoms with Gasteiger partial charge in [-0.3, -0.25) is 9.78 Å². The van der Waals surface area contributed by atoms with Crippen molar-refractivity contribution in [3.05, 3.63) is 30.1 Å². The van der Waals surface area contributed by atoms with Gasteiger partial charge in [-0.15, -0.1) is 0 Å². The van der Waals surface area contributed by atoms with Crippen LogP contribution in [0, 0.1) is 0 Å². The molecule has 1 rings (SSSR count). The van der Waals surface area contributed by atoms with Gasteiger partial charge < -0.3 is 16.0 Å². The topological polar surface area (TPSA) is 88.3 Å². The number of amides is 3. The van der Waals surface area contributed by atoms with E-state index in [1.54, 1.807) is 17.3 Å². The summed E-state index contributed by atoms with van der Waals surface area (Å²) in [4.78, 5) is 28.4. The fraction of sp³-hybridized carbons (Fsp3) is 0.462. The third kappa shape index (κ3) is 4.95. The van der Waals surface area contributed by atoms with Crippen molar-refractivity contribution in [1.82, 2.24) is 15.2 Å². The number of rotatable bonds is 6. The van der Waals surface area contributed by atoms with Crippen molar-refractivity contribution in [3.8, 4) is 0 Å². The largest absolute Gasteiger partial charge is 0.352 e. The maximum Gasteiger partial charge on any atom is 0.312 e. The Kier molecular flexibility index (Phi) is 5.78. The molecule has 0 radical (unpaired) electrons. The molecular weight excluding hydrogens is 244 g/mol. The zero-order chi connectivity index (χ0) is 14.3. The highest BCUT2D eigenvalue weighted by Gasteiger charge is 2.19. The molecule has 19 heavy (non-hydrogen) atoms. The maximum absolute atomic E-state index is 12.1. The number of carbonyl (C=O) groups excluding carboxylic acids is 2. The van der Waals surface area contributed by atoms with Crippen LogP contribution in [0.5, 0.6) is 0 Å². The number of carbonyl (C=O) groups is 2. The number of aromatic nitrogens is 1. The Labute approximate surface area is 113 Å². The number of nitrogens with zero attached hydrogens (tertiary/aromatic N) is 2. The lowest BCUT2D eigenvalue weighted by atomic mass is 10.1. The van der Waals surface area contributed by atoms with Gasteiger partial charge in [-0.05, 0) is 31.0 Å². The highest BCUT2D eigenvalue weighted by atomic mass is 16.2. The van der Waals surface area contributed by atoms with Crippen molar-refractivity contribution in [2.75, 3.05) is 6.54 Å². The standard InChI is InChI=1S/C13H20N4O2/c1-3-10(2)17(12(18)8-16-13(14)19)9-11-4-6-15-7-5-11/h4-7,10H,3,8-9H2,1-2H3,(H3,14,16,19). The number of pyridine rings is 1. The highest BCUT2D eigenvalue weighted by molar-refractivity contribution is 5.83. The van der Waals surface area contributed by atoms with E-state index in [0.717, 1.165) is 12.0 Å². The minimum Gasteiger partial charge on any atom is -0.352 e. The van der Waals surface area contributed by atoms with Gasteiger partial charge in [0.25, 0.3) is 0 Å². The number of primary amides is 1. The molecule has 1 heterocycles. The average molecular weight is 264 g/mol. The lowest BCUT2D eigenvalue weighted by molar-refractivity contribution is -0.132. The molecule has 3 amide bonds. The van der Waals surface area contributed by atoms with Crippen LogP contribution in [0.1, 0.15) is 25.8 Å². The van der Waals surface area contributed by atoms with E-state index >= 15 is 0 Å². The van der Waals surface area contributed by atoms with Crippen molar-refractivity contribution in [2.45, 2.75) is 32.9 Å². The SMILES string of the molecule is CCC(C)N(Cc1ccncc1)C(=O)CNC(N)=O. The quantitative estimate of drug-likeness (QED) is 0.799. The highest BCUT2D eigenvalue weighted by Crippen LogP contribution is 2.10. The zero-order valence-corrected chi connectivity index (χ0v) is 11.3. The number of urea groups is 1. The van der Waals surface area contributed by atoms with E-state index in [0.29, 0.717) is 6.54 Å². The van der Waals surface area contributed by atoms with Gasteiger partial charge in [0.05, 0.1) is 6.54 Å². The summed E-state index contributed by atoms with van der Waals surface area (Å²) in [5.41, 5.74) is 5.98. The van der Waals surface area contributed by atoms with E-state index in [-0.39, 0.29) is 18.5 Å². The lowest BCUT2D eigenvalue weighted by Gasteiger charge is -2.28. The molecule has 0 saturated heterocycles. The summed E-state index contributed by atoms with van der Waals surface area (Å²) in [6.07, 6.45) is 4.22. The van der Waals surface area contributed by atoms with Crippen LogP contribution in [0.15, 0.2) is 24.5 Å². The van der Waals surface area contributed by atoms with Gasteiger partial charge in [0, 0.05) is 25.0 Å². The van der Waals surface area contributed by atoms with E-state index in [1.165, 1.54) is 0 Å². The molecule has 0 aliphatic rings. The molecule has 0 aliphatic carbocycles. The van der Waals surface area contributed by atoms with Crippen molar-refractivity contribution >= 4 is 11.9 Å². The zero-order valence-electron chi connectivity index (χ0n) is 11.3. The smallest absolute Gasteiger partial charge is 0.312 e. The fourth-order valence-electron chi connectivity index (χ4n) is 1.66. The molecule has 0 aromatic carbocycles. The first-order valence-corrected chi connectivity index (χ1v) is 6.26. The van der Waals surface area contributed by atoms with Crippen LogP contribution in [-0.2, 0) is 11.3 Å². The first kappa shape index (κ1) is 14.9. The monoisotopic (exact) mass is 264 g/mol. The van der Waals surface area contributed by atoms with E-state index in [2.05, 4.69) is 10.3 Å². The molecule has 0 aliphatic heterocycles. The van der Waals surface area contributed by atoms with Gasteiger partial charge in [-0.1, -0.05) is 6.92 Å². The summed E-state index contributed by atoms with van der Waals surface area (Å²) in [6.45, 7) is 4.41. The molecular formula is C13H20N4O2. The van der Waals surface area contributed by atoms with E-state index in [4.69, 9.17) is 5.73 Å². The summed E-state index contributed by atoms with van der Waals surface area (Å²) in [7, 11) is 0. The van der Waals surface area contributed by atoms with E-state index in [1.807, 2.05) is 26.0 Å². The third-order valence-electron chi connectivity index (χ3n) is 2.96. The molecule has 0 saturated carbocycles. The molecule has 3 N–H and O–H groups in total. The normalized spacial score (nSPS) is 11.7. The number of hydrogen-bond acceptors (Lipinski definition) is 3. The Bertz CT molecular complexity index is 422. The van der Waals surface area contributed by atoms with E-state index in [9.17, 15) is 9.59 Å². The molecule has 0 spiro atoms. The minimum absolute atomic E-state index is 0.0786. The van der Waals surface area contributed by atoms with Crippen molar-refractivity contribution < 1.29 is 9.59 Å². The van der Waals surface area contributed by atoms with Gasteiger partial charge >= 0.3 is 6.03 Å². The van der Waals surface area contributed by atoms with Gasteiger partial charge in [-0.2, -0.15) is 0 Å². The molecule has 6 nitrogen and oxygen atoms in total. The lowest BCUT2D eigenvalue weighted by Crippen LogP contribution is -2.45. The van der Waals surface area contributed by atoms with Crippen LogP contribution in [0.25, 0.3) is 0 Å². The molecule has 0 fully saturated rings. The third-order valence-corrected chi connectivity index (χ3v) is 2.96. The summed E-state index contributed by atoms with van der Waals surface area (Å²) in [6, 6.07) is 3.13. The second kappa shape index (κ2) is 7.35. The molecule has 1 aromatic rings. The molecule has 1 unspecified atom stereocenters. The van der Waals surface area contributed by atoms with Gasteiger partial charge in [0.1, 0.15) is 0 Å². The summed E-state index contributed by atoms with van der Waals surface area (Å²) < 4.78 is 0. The Morgan fingerprint density at radius 3 is 2.58 bits per heavy atom. The molecule has 104 valence electrons. The summed E-state index contributed by atoms with van der Waals surface area (Å²) in [5.74, 6) is -0.148. The van der Waals surface area contributed by atoms with Gasteiger partial charge in [0.2, 0.25) is 5.91 Å². The van der Waals surface area contributed by atoms with Crippen LogP contribution >= 0.6 is 0 Å². The van der Waals surface area contributed by atoms with Crippen LogP contribution in [0.4, 0.5) is 4.79 Å². The van der Waals surface area contributed by atoms with Gasteiger partial charge in [-0.25, -0.2) is 4.79 Å². The van der Waals surface area contributed by atoms with Crippen LogP contribution in [0.2, 0.25) is 0 Å². The van der Waals surface area contributed by atoms with Crippen molar-refractivity contribution in [3.63, 3.8) is 0 Å². The molecule has 1 atom stereocenters. The van der Waals surface area contributed by atoms with Gasteiger partial charge in [0.15, 0.2) is 0 Å². The first-order chi connectivity index (χ1) is 9.04. The van der Waals surface area contributed by atoms with Crippen LogP contribution in [-0.4, -0.2) is 34.4 Å². The van der Waals surface area contributed by atoms with Crippen molar-refractivity contribution in [1.29, 1.82) is 0 Å². The van der Waals surface area contributed by atoms with Crippen molar-refractivity contribution in [2.24, 2.45) is 5.73 Å². The van der Waals surface area contributed by atoms with E-state index < -0.39 is 6.03 Å². The first-order valence-electron chi connectivity index (χ1n) is 6.26. The Morgan fingerprint density at radius 1 is 1.42 bits per heavy atom. The molecule has 1 aromatic heterocycles. The Hall–Kier alpha value is -2.11. The average Bonchev–Trinajstić information content (AvgIpc) is 2.42. The minimum atomic E-state index is -0.693. The van der Waals surface area contributed by atoms with Crippen LogP contribution < -0.4 is 11.1 Å². The summed E-state index contributed by atoms with van der Waals surface area (Å²) in [5, 5.41) is 2.33. The molecule has 0 bridgehead atoms. The Morgan fingerprint density at radius 2 is 2.05 bits per heavy atom. The second-order valence-corrected chi connectivity index (χ2v) is 4.35. The van der Waals surface area contributed by atoms with Crippen LogP contribution in [0.3, 0.4) is 0 Å². The fourth-order valence-corrected chi connectivity index (χ4v) is 1.66. The predicted molar refractivity (Wildman–Crippen MR) is 72.1 cm³/mol. The number of nitrogens with two attached hydrogens (primary N) is 1. The maximum atomic E-state index is 12.1. The Balaban J connectivity index is 2.71. The number of hydrogen-bond donors (Lipinski definition) is 2.